The van der Waals surface area contributed by atoms with E-state index in [1.54, 1.807) is 4.90 Å². The Morgan fingerprint density at radius 1 is 1.14 bits per heavy atom. The lowest BCUT2D eigenvalue weighted by molar-refractivity contribution is -0.127. The SMILES string of the molecule is Nc1nc(Nc2ccc(S(=O)(=O)NCCCN3CCCC3=O)cc2)sc1C(=O)c1c(F)cccc1F. The number of nitrogens with one attached hydrogen (secondary N) is 2. The Hall–Kier alpha value is -3.42. The van der Waals surface area contributed by atoms with E-state index in [9.17, 15) is 26.8 Å². The molecule has 2 aromatic carbocycles. The summed E-state index contributed by atoms with van der Waals surface area (Å²) < 4.78 is 55.6. The van der Waals surface area contributed by atoms with Crippen LogP contribution in [0.15, 0.2) is 47.4 Å². The Balaban J connectivity index is 1.37. The Morgan fingerprint density at radius 3 is 2.47 bits per heavy atom. The molecule has 1 fully saturated rings. The predicted molar refractivity (Wildman–Crippen MR) is 132 cm³/mol. The number of hydrogen-bond donors (Lipinski definition) is 3. The molecule has 13 heteroatoms. The summed E-state index contributed by atoms with van der Waals surface area (Å²) in [6.45, 7) is 1.42. The molecule has 1 aliphatic heterocycles. The number of ketones is 1. The molecule has 1 aromatic heterocycles. The molecule has 0 spiro atoms. The number of thiazole rings is 1. The van der Waals surface area contributed by atoms with Crippen LogP contribution in [0.3, 0.4) is 0 Å². The number of benzene rings is 2. The van der Waals surface area contributed by atoms with Crippen LogP contribution in [0.25, 0.3) is 0 Å². The molecule has 0 unspecified atom stereocenters. The minimum absolute atomic E-state index is 0.0508. The van der Waals surface area contributed by atoms with Crippen molar-refractivity contribution in [1.29, 1.82) is 0 Å². The van der Waals surface area contributed by atoms with E-state index in [0.717, 1.165) is 36.0 Å². The van der Waals surface area contributed by atoms with Gasteiger partial charge in [0, 0.05) is 31.7 Å². The molecule has 4 rings (SSSR count). The van der Waals surface area contributed by atoms with Crippen molar-refractivity contribution in [3.05, 3.63) is 64.5 Å². The fourth-order valence-electron chi connectivity index (χ4n) is 3.72. The summed E-state index contributed by atoms with van der Waals surface area (Å²) >= 11 is 0.820. The van der Waals surface area contributed by atoms with Crippen molar-refractivity contribution in [2.75, 3.05) is 30.7 Å². The fourth-order valence-corrected chi connectivity index (χ4v) is 5.64. The van der Waals surface area contributed by atoms with Crippen LogP contribution in [-0.4, -0.2) is 49.6 Å². The molecule has 1 saturated heterocycles. The number of nitrogens with two attached hydrogens (primary N) is 1. The van der Waals surface area contributed by atoms with Crippen LogP contribution in [-0.2, 0) is 14.8 Å². The van der Waals surface area contributed by atoms with E-state index in [4.69, 9.17) is 5.73 Å². The van der Waals surface area contributed by atoms with Gasteiger partial charge in [0.2, 0.25) is 21.7 Å². The molecule has 4 N–H and O–H groups in total. The Bertz CT molecular complexity index is 1370. The van der Waals surface area contributed by atoms with Crippen molar-refractivity contribution in [2.45, 2.75) is 24.2 Å². The normalized spacial score (nSPS) is 13.8. The topological polar surface area (TPSA) is 134 Å². The lowest BCUT2D eigenvalue weighted by atomic mass is 10.1. The fraction of sp³-hybridized carbons (Fsp3) is 0.261. The van der Waals surface area contributed by atoms with Crippen LogP contribution in [0.1, 0.15) is 34.5 Å². The first-order valence-electron chi connectivity index (χ1n) is 11.1. The van der Waals surface area contributed by atoms with E-state index in [2.05, 4.69) is 15.0 Å². The molecule has 0 bridgehead atoms. The minimum atomic E-state index is -3.74. The smallest absolute Gasteiger partial charge is 0.240 e. The molecule has 0 radical (unpaired) electrons. The van der Waals surface area contributed by atoms with Crippen LogP contribution in [0.5, 0.6) is 0 Å². The number of amides is 1. The van der Waals surface area contributed by atoms with E-state index in [-0.39, 0.29) is 33.2 Å². The Labute approximate surface area is 210 Å². The first kappa shape index (κ1) is 25.7. The number of likely N-dealkylation sites (tertiary alicyclic amines) is 1. The number of rotatable bonds is 10. The second-order valence-corrected chi connectivity index (χ2v) is 10.8. The maximum absolute atomic E-state index is 14.0. The second-order valence-electron chi connectivity index (χ2n) is 8.04. The van der Waals surface area contributed by atoms with Crippen LogP contribution < -0.4 is 15.8 Å². The lowest BCUT2D eigenvalue weighted by Crippen LogP contribution is -2.30. The zero-order valence-corrected chi connectivity index (χ0v) is 20.6. The van der Waals surface area contributed by atoms with Crippen LogP contribution in [0.2, 0.25) is 0 Å². The van der Waals surface area contributed by atoms with Crippen molar-refractivity contribution in [1.82, 2.24) is 14.6 Å². The van der Waals surface area contributed by atoms with Gasteiger partial charge in [-0.1, -0.05) is 17.4 Å². The highest BCUT2D eigenvalue weighted by Gasteiger charge is 2.24. The zero-order chi connectivity index (χ0) is 25.9. The van der Waals surface area contributed by atoms with Crippen LogP contribution in [0.4, 0.5) is 25.4 Å². The predicted octanol–water partition coefficient (Wildman–Crippen LogP) is 3.27. The highest BCUT2D eigenvalue weighted by atomic mass is 32.2. The average molecular weight is 536 g/mol. The van der Waals surface area contributed by atoms with Crippen molar-refractivity contribution < 1.29 is 26.8 Å². The standard InChI is InChI=1S/C23H23F2N5O4S2/c24-16-4-1-5-17(25)19(16)20(32)21-22(26)29-23(35-21)28-14-7-9-15(10-8-14)36(33,34)27-11-3-13-30-12-2-6-18(30)31/h1,4-5,7-10,27H,2-3,6,11-13,26H2,(H,28,29). The summed E-state index contributed by atoms with van der Waals surface area (Å²) in [7, 11) is -3.74. The quantitative estimate of drug-likeness (QED) is 0.268. The molecule has 0 saturated carbocycles. The molecule has 0 aliphatic carbocycles. The number of carbonyl (C=O) groups excluding carboxylic acids is 2. The van der Waals surface area contributed by atoms with Crippen molar-refractivity contribution in [2.24, 2.45) is 0 Å². The largest absolute Gasteiger partial charge is 0.382 e. The number of aromatic nitrogens is 1. The van der Waals surface area contributed by atoms with Crippen LogP contribution >= 0.6 is 11.3 Å². The molecule has 0 atom stereocenters. The number of hydrogen-bond acceptors (Lipinski definition) is 8. The summed E-state index contributed by atoms with van der Waals surface area (Å²) in [6, 6.07) is 8.91. The maximum atomic E-state index is 14.0. The molecule has 3 aromatic rings. The third-order valence-electron chi connectivity index (χ3n) is 5.53. The highest BCUT2D eigenvalue weighted by Crippen LogP contribution is 2.31. The summed E-state index contributed by atoms with van der Waals surface area (Å²) in [5.74, 6) is -3.02. The van der Waals surface area contributed by atoms with Crippen LogP contribution in [0, 0.1) is 11.6 Å². The Kier molecular flexibility index (Phi) is 7.62. The van der Waals surface area contributed by atoms with Gasteiger partial charge in [0.25, 0.3) is 0 Å². The average Bonchev–Trinajstić information content (AvgIpc) is 3.41. The molecular formula is C23H23F2N5O4S2. The second kappa shape index (κ2) is 10.7. The first-order valence-corrected chi connectivity index (χ1v) is 13.4. The van der Waals surface area contributed by atoms with E-state index < -0.39 is 33.0 Å². The van der Waals surface area contributed by atoms with Gasteiger partial charge < -0.3 is 16.0 Å². The van der Waals surface area contributed by atoms with Gasteiger partial charge in [0.15, 0.2) is 5.13 Å². The molecule has 36 heavy (non-hydrogen) atoms. The third-order valence-corrected chi connectivity index (χ3v) is 8.00. The van der Waals surface area contributed by atoms with Crippen molar-refractivity contribution >= 4 is 49.7 Å². The van der Waals surface area contributed by atoms with E-state index in [0.29, 0.717) is 31.6 Å². The van der Waals surface area contributed by atoms with E-state index in [1.165, 1.54) is 24.3 Å². The first-order chi connectivity index (χ1) is 17.2. The van der Waals surface area contributed by atoms with Gasteiger partial charge in [-0.05, 0) is 49.2 Å². The summed E-state index contributed by atoms with van der Waals surface area (Å²) in [5.41, 5.74) is 5.55. The molecule has 9 nitrogen and oxygen atoms in total. The molecular weight excluding hydrogens is 512 g/mol. The van der Waals surface area contributed by atoms with Gasteiger partial charge in [-0.2, -0.15) is 0 Å². The van der Waals surface area contributed by atoms with E-state index in [1.807, 2.05) is 0 Å². The van der Waals surface area contributed by atoms with Gasteiger partial charge in [0.05, 0.1) is 10.5 Å². The van der Waals surface area contributed by atoms with Gasteiger partial charge in [-0.25, -0.2) is 26.9 Å². The van der Waals surface area contributed by atoms with Crippen molar-refractivity contribution in [3.63, 3.8) is 0 Å². The van der Waals surface area contributed by atoms with Gasteiger partial charge in [0.1, 0.15) is 22.3 Å². The number of nitrogen functional groups attached to an aromatic ring is 1. The van der Waals surface area contributed by atoms with E-state index >= 15 is 0 Å². The number of sulfonamides is 1. The zero-order valence-electron chi connectivity index (χ0n) is 19.0. The van der Waals surface area contributed by atoms with Gasteiger partial charge in [-0.15, -0.1) is 0 Å². The monoisotopic (exact) mass is 535 g/mol. The maximum Gasteiger partial charge on any atom is 0.240 e. The lowest BCUT2D eigenvalue weighted by Gasteiger charge is -2.15. The molecule has 1 amide bonds. The van der Waals surface area contributed by atoms with Gasteiger partial charge in [-0.3, -0.25) is 9.59 Å². The molecule has 1 aliphatic rings. The Morgan fingerprint density at radius 2 is 1.83 bits per heavy atom. The molecule has 2 heterocycles. The summed E-state index contributed by atoms with van der Waals surface area (Å²) in [4.78, 5) is 29.9. The third kappa shape index (κ3) is 5.69. The van der Waals surface area contributed by atoms with Gasteiger partial charge >= 0.3 is 0 Å². The number of halogens is 2. The highest BCUT2D eigenvalue weighted by molar-refractivity contribution is 7.89. The molecule has 190 valence electrons. The number of nitrogens with zero attached hydrogens (tertiary/aromatic N) is 2. The number of carbonyl (C=O) groups is 2. The van der Waals surface area contributed by atoms with Crippen molar-refractivity contribution in [3.8, 4) is 0 Å². The summed E-state index contributed by atoms with van der Waals surface area (Å²) in [5, 5.41) is 3.09. The minimum Gasteiger partial charge on any atom is -0.382 e. The number of anilines is 3. The summed E-state index contributed by atoms with van der Waals surface area (Å²) in [6.07, 6.45) is 1.88.